The van der Waals surface area contributed by atoms with Gasteiger partial charge in [0, 0.05) is 23.8 Å². The Kier molecular flexibility index (Phi) is 5.03. The molecule has 0 bridgehead atoms. The fourth-order valence-electron chi connectivity index (χ4n) is 2.60. The standard InChI is InChI=1S/C20H18FN3O3/c1-13-3-8-17(11-14(13)2)24-10-9-23(19(26)20(24)27)12-18(25)22-16-6-4-15(21)5-7-16/h3-11H,12H2,1-2H3,(H,22,25). The Bertz CT molecular complexity index is 1110. The van der Waals surface area contributed by atoms with Gasteiger partial charge in [-0.2, -0.15) is 0 Å². The lowest BCUT2D eigenvalue weighted by Gasteiger charge is -2.11. The molecule has 27 heavy (non-hydrogen) atoms. The highest BCUT2D eigenvalue weighted by Gasteiger charge is 2.11. The number of hydrogen-bond acceptors (Lipinski definition) is 3. The zero-order valence-corrected chi connectivity index (χ0v) is 14.9. The van der Waals surface area contributed by atoms with E-state index in [1.54, 1.807) is 6.07 Å². The molecule has 1 N–H and O–H groups in total. The molecular formula is C20H18FN3O3. The summed E-state index contributed by atoms with van der Waals surface area (Å²) in [4.78, 5) is 36.9. The molecule has 0 atom stereocenters. The Hall–Kier alpha value is -3.48. The van der Waals surface area contributed by atoms with Gasteiger partial charge in [0.25, 0.3) is 0 Å². The molecular weight excluding hydrogens is 349 g/mol. The highest BCUT2D eigenvalue weighted by Crippen LogP contribution is 2.12. The Morgan fingerprint density at radius 2 is 1.67 bits per heavy atom. The van der Waals surface area contributed by atoms with Crippen LogP contribution in [0.15, 0.2) is 64.4 Å². The SMILES string of the molecule is Cc1ccc(-n2ccn(CC(=O)Nc3ccc(F)cc3)c(=O)c2=O)cc1C. The molecule has 0 aliphatic carbocycles. The van der Waals surface area contributed by atoms with Gasteiger partial charge in [0.15, 0.2) is 0 Å². The van der Waals surface area contributed by atoms with Crippen LogP contribution in [0.4, 0.5) is 10.1 Å². The number of hydrogen-bond donors (Lipinski definition) is 1. The first kappa shape index (κ1) is 18.3. The molecule has 0 aliphatic heterocycles. The summed E-state index contributed by atoms with van der Waals surface area (Å²) in [5, 5.41) is 2.55. The highest BCUT2D eigenvalue weighted by molar-refractivity contribution is 5.90. The number of halogens is 1. The van der Waals surface area contributed by atoms with Crippen molar-refractivity contribution in [1.82, 2.24) is 9.13 Å². The molecule has 0 saturated carbocycles. The van der Waals surface area contributed by atoms with E-state index in [0.29, 0.717) is 11.4 Å². The molecule has 0 spiro atoms. The predicted molar refractivity (Wildman–Crippen MR) is 101 cm³/mol. The van der Waals surface area contributed by atoms with E-state index in [0.717, 1.165) is 15.7 Å². The fourth-order valence-corrected chi connectivity index (χ4v) is 2.60. The van der Waals surface area contributed by atoms with Crippen LogP contribution >= 0.6 is 0 Å². The van der Waals surface area contributed by atoms with Crippen molar-refractivity contribution in [2.45, 2.75) is 20.4 Å². The summed E-state index contributed by atoms with van der Waals surface area (Å²) >= 11 is 0. The van der Waals surface area contributed by atoms with Gasteiger partial charge in [-0.05, 0) is 61.4 Å². The molecule has 0 radical (unpaired) electrons. The molecule has 1 heterocycles. The Balaban J connectivity index is 1.83. The quantitative estimate of drug-likeness (QED) is 0.720. The van der Waals surface area contributed by atoms with Crippen molar-refractivity contribution >= 4 is 11.6 Å². The fraction of sp³-hybridized carbons (Fsp3) is 0.150. The van der Waals surface area contributed by atoms with Crippen molar-refractivity contribution in [1.29, 1.82) is 0 Å². The molecule has 0 saturated heterocycles. The minimum atomic E-state index is -0.801. The second-order valence-corrected chi connectivity index (χ2v) is 6.23. The Labute approximate surface area is 154 Å². The lowest BCUT2D eigenvalue weighted by Crippen LogP contribution is -2.41. The van der Waals surface area contributed by atoms with E-state index in [-0.39, 0.29) is 6.54 Å². The lowest BCUT2D eigenvalue weighted by molar-refractivity contribution is -0.116. The monoisotopic (exact) mass is 367 g/mol. The maximum absolute atomic E-state index is 12.9. The van der Waals surface area contributed by atoms with E-state index >= 15 is 0 Å². The van der Waals surface area contributed by atoms with Crippen molar-refractivity contribution in [2.75, 3.05) is 5.32 Å². The van der Waals surface area contributed by atoms with Gasteiger partial charge in [-0.25, -0.2) is 4.39 Å². The van der Waals surface area contributed by atoms with Crippen LogP contribution in [0.25, 0.3) is 5.69 Å². The molecule has 6 nitrogen and oxygen atoms in total. The normalized spacial score (nSPS) is 10.6. The maximum atomic E-state index is 12.9. The van der Waals surface area contributed by atoms with Crippen LogP contribution in [-0.4, -0.2) is 15.0 Å². The maximum Gasteiger partial charge on any atom is 0.320 e. The molecule has 0 fully saturated rings. The van der Waals surface area contributed by atoms with Gasteiger partial charge < -0.3 is 5.32 Å². The smallest absolute Gasteiger partial charge is 0.320 e. The molecule has 0 aliphatic rings. The zero-order chi connectivity index (χ0) is 19.6. The molecule has 7 heteroatoms. The number of nitrogens with zero attached hydrogens (tertiary/aromatic N) is 2. The van der Waals surface area contributed by atoms with Crippen molar-refractivity contribution in [3.05, 3.63) is 92.5 Å². The third-order valence-electron chi connectivity index (χ3n) is 4.27. The van der Waals surface area contributed by atoms with Crippen molar-refractivity contribution < 1.29 is 9.18 Å². The minimum Gasteiger partial charge on any atom is -0.325 e. The van der Waals surface area contributed by atoms with Gasteiger partial charge in [-0.3, -0.25) is 23.5 Å². The summed E-state index contributed by atoms with van der Waals surface area (Å²) in [7, 11) is 0. The van der Waals surface area contributed by atoms with Crippen LogP contribution in [0.3, 0.4) is 0 Å². The molecule has 3 rings (SSSR count). The summed E-state index contributed by atoms with van der Waals surface area (Å²) in [6.07, 6.45) is 2.85. The first-order valence-corrected chi connectivity index (χ1v) is 8.30. The average molecular weight is 367 g/mol. The topological polar surface area (TPSA) is 73.1 Å². The zero-order valence-electron chi connectivity index (χ0n) is 14.9. The lowest BCUT2D eigenvalue weighted by atomic mass is 10.1. The van der Waals surface area contributed by atoms with Gasteiger partial charge in [-0.15, -0.1) is 0 Å². The number of benzene rings is 2. The van der Waals surface area contributed by atoms with Gasteiger partial charge in [-0.1, -0.05) is 6.07 Å². The van der Waals surface area contributed by atoms with E-state index in [2.05, 4.69) is 5.32 Å². The molecule has 2 aromatic carbocycles. The molecule has 0 unspecified atom stereocenters. The molecule has 1 aromatic heterocycles. The Morgan fingerprint density at radius 3 is 2.33 bits per heavy atom. The van der Waals surface area contributed by atoms with Crippen LogP contribution in [0.5, 0.6) is 0 Å². The second-order valence-electron chi connectivity index (χ2n) is 6.23. The summed E-state index contributed by atoms with van der Waals surface area (Å²) in [5.41, 5.74) is 1.53. The second kappa shape index (κ2) is 7.41. The first-order valence-electron chi connectivity index (χ1n) is 8.30. The number of amides is 1. The van der Waals surface area contributed by atoms with Crippen molar-refractivity contribution in [3.63, 3.8) is 0 Å². The highest BCUT2D eigenvalue weighted by atomic mass is 19.1. The van der Waals surface area contributed by atoms with Gasteiger partial charge in [0.05, 0.1) is 0 Å². The summed E-state index contributed by atoms with van der Waals surface area (Å²) < 4.78 is 15.2. The number of rotatable bonds is 4. The number of aryl methyl sites for hydroxylation is 2. The summed E-state index contributed by atoms with van der Waals surface area (Å²) in [5.74, 6) is -0.911. The van der Waals surface area contributed by atoms with E-state index < -0.39 is 22.8 Å². The first-order chi connectivity index (χ1) is 12.8. The summed E-state index contributed by atoms with van der Waals surface area (Å²) in [6.45, 7) is 3.56. The predicted octanol–water partition coefficient (Wildman–Crippen LogP) is 2.39. The number of nitrogens with one attached hydrogen (secondary N) is 1. The van der Waals surface area contributed by atoms with Crippen LogP contribution in [0.1, 0.15) is 11.1 Å². The van der Waals surface area contributed by atoms with Gasteiger partial charge in [0.1, 0.15) is 12.4 Å². The third-order valence-corrected chi connectivity index (χ3v) is 4.27. The summed E-state index contributed by atoms with van der Waals surface area (Å²) in [6, 6.07) is 10.7. The van der Waals surface area contributed by atoms with Gasteiger partial charge >= 0.3 is 11.1 Å². The van der Waals surface area contributed by atoms with Crippen LogP contribution < -0.4 is 16.4 Å². The van der Waals surface area contributed by atoms with Gasteiger partial charge in [0.2, 0.25) is 5.91 Å². The van der Waals surface area contributed by atoms with E-state index in [1.165, 1.54) is 41.2 Å². The number of carbonyl (C=O) groups excluding carboxylic acids is 1. The van der Waals surface area contributed by atoms with Crippen LogP contribution in [-0.2, 0) is 11.3 Å². The number of anilines is 1. The van der Waals surface area contributed by atoms with Crippen LogP contribution in [0, 0.1) is 19.7 Å². The van der Waals surface area contributed by atoms with Crippen molar-refractivity contribution in [3.8, 4) is 5.69 Å². The Morgan fingerprint density at radius 1 is 0.963 bits per heavy atom. The molecule has 1 amide bonds. The molecule has 138 valence electrons. The van der Waals surface area contributed by atoms with E-state index in [4.69, 9.17) is 0 Å². The van der Waals surface area contributed by atoms with Crippen LogP contribution in [0.2, 0.25) is 0 Å². The molecule has 3 aromatic rings. The minimum absolute atomic E-state index is 0.320. The largest absolute Gasteiger partial charge is 0.325 e. The third kappa shape index (κ3) is 4.03. The van der Waals surface area contributed by atoms with E-state index in [1.807, 2.05) is 26.0 Å². The number of carbonyl (C=O) groups is 1. The average Bonchev–Trinajstić information content (AvgIpc) is 2.64. The van der Waals surface area contributed by atoms with E-state index in [9.17, 15) is 18.8 Å². The van der Waals surface area contributed by atoms with Crippen molar-refractivity contribution in [2.24, 2.45) is 0 Å². The number of aromatic nitrogens is 2.